The highest BCUT2D eigenvalue weighted by Crippen LogP contribution is 2.34. The minimum Gasteiger partial charge on any atom is -0.506 e. The van der Waals surface area contributed by atoms with Crippen molar-refractivity contribution >= 4 is 29.3 Å². The highest BCUT2D eigenvalue weighted by atomic mass is 35.5. The van der Waals surface area contributed by atoms with Gasteiger partial charge in [0.15, 0.2) is 11.3 Å². The zero-order chi connectivity index (χ0) is 17.1. The highest BCUT2D eigenvalue weighted by molar-refractivity contribution is 6.29. The Morgan fingerprint density at radius 3 is 2.09 bits per heavy atom. The minimum absolute atomic E-state index is 0.485. The second-order valence-corrected chi connectivity index (χ2v) is 4.12. The van der Waals surface area contributed by atoms with Crippen LogP contribution in [-0.2, 0) is 25.2 Å². The number of alkyl halides is 3. The molecule has 0 fully saturated rings. The van der Waals surface area contributed by atoms with Crippen molar-refractivity contribution in [2.24, 2.45) is 0 Å². The molecule has 10 heteroatoms. The van der Waals surface area contributed by atoms with Crippen LogP contribution in [0.3, 0.4) is 0 Å². The van der Waals surface area contributed by atoms with E-state index < -0.39 is 45.9 Å². The van der Waals surface area contributed by atoms with Crippen molar-refractivity contribution in [3.63, 3.8) is 0 Å². The fraction of sp³-hybridized carbons (Fsp3) is 0.250. The average Bonchev–Trinajstić information content (AvgIpc) is 2.45. The van der Waals surface area contributed by atoms with E-state index in [9.17, 15) is 27.9 Å². The summed E-state index contributed by atoms with van der Waals surface area (Å²) in [5.41, 5.74) is -3.58. The molecular formula is C12H9ClF3NO5. The minimum atomic E-state index is -4.98. The summed E-state index contributed by atoms with van der Waals surface area (Å²) >= 11 is 5.39. The van der Waals surface area contributed by atoms with E-state index in [0.29, 0.717) is 0 Å². The van der Waals surface area contributed by atoms with Crippen molar-refractivity contribution in [3.05, 3.63) is 34.1 Å². The van der Waals surface area contributed by atoms with Gasteiger partial charge in [-0.25, -0.2) is 14.6 Å². The largest absolute Gasteiger partial charge is 0.506 e. The second-order valence-electron chi connectivity index (χ2n) is 3.73. The van der Waals surface area contributed by atoms with E-state index in [1.807, 2.05) is 0 Å². The third-order valence-electron chi connectivity index (χ3n) is 2.40. The Hall–Kier alpha value is -2.29. The maximum absolute atomic E-state index is 12.9. The molecule has 1 heterocycles. The maximum atomic E-state index is 12.9. The molecule has 0 saturated carbocycles. The number of esters is 2. The fourth-order valence-electron chi connectivity index (χ4n) is 1.46. The van der Waals surface area contributed by atoms with Crippen molar-refractivity contribution in [2.75, 3.05) is 14.2 Å². The molecule has 0 aliphatic heterocycles. The van der Waals surface area contributed by atoms with Gasteiger partial charge < -0.3 is 14.6 Å². The highest BCUT2D eigenvalue weighted by Gasteiger charge is 2.38. The van der Waals surface area contributed by atoms with Crippen LogP contribution in [0, 0.1) is 0 Å². The van der Waals surface area contributed by atoms with Crippen LogP contribution >= 0.6 is 11.6 Å². The molecule has 0 atom stereocenters. The number of carbonyl (C=O) groups excluding carboxylic acids is 2. The van der Waals surface area contributed by atoms with Gasteiger partial charge in [0, 0.05) is 5.56 Å². The molecule has 0 bridgehead atoms. The lowest BCUT2D eigenvalue weighted by molar-refractivity contribution is -0.145. The van der Waals surface area contributed by atoms with Crippen molar-refractivity contribution in [1.29, 1.82) is 0 Å². The number of pyridine rings is 1. The van der Waals surface area contributed by atoms with Gasteiger partial charge in [-0.05, 0) is 12.1 Å². The summed E-state index contributed by atoms with van der Waals surface area (Å²) in [5, 5.41) is 9.43. The molecule has 1 aromatic heterocycles. The maximum Gasteiger partial charge on any atom is 0.434 e. The Morgan fingerprint density at radius 1 is 1.18 bits per heavy atom. The van der Waals surface area contributed by atoms with Gasteiger partial charge in [-0.3, -0.25) is 0 Å². The molecule has 120 valence electrons. The quantitative estimate of drug-likeness (QED) is 0.227. The van der Waals surface area contributed by atoms with Gasteiger partial charge in [-0.1, -0.05) is 11.6 Å². The van der Waals surface area contributed by atoms with Crippen LogP contribution in [0.15, 0.2) is 17.7 Å². The van der Waals surface area contributed by atoms with Gasteiger partial charge in [0.05, 0.1) is 14.2 Å². The number of aliphatic hydroxyl groups excluding tert-OH is 1. The monoisotopic (exact) mass is 339 g/mol. The summed E-state index contributed by atoms with van der Waals surface area (Å²) in [6, 6.07) is 1.72. The van der Waals surface area contributed by atoms with Gasteiger partial charge in [0.25, 0.3) is 0 Å². The topological polar surface area (TPSA) is 85.7 Å². The van der Waals surface area contributed by atoms with Crippen LogP contribution < -0.4 is 0 Å². The molecule has 0 unspecified atom stereocenters. The molecule has 1 N–H and O–H groups in total. The summed E-state index contributed by atoms with van der Waals surface area (Å²) in [6.07, 6.45) is -4.98. The molecule has 0 aromatic carbocycles. The lowest BCUT2D eigenvalue weighted by atomic mass is 10.1. The van der Waals surface area contributed by atoms with Crippen molar-refractivity contribution in [3.8, 4) is 0 Å². The number of aliphatic hydroxyl groups is 1. The summed E-state index contributed by atoms with van der Waals surface area (Å²) < 4.78 is 47.3. The third-order valence-corrected chi connectivity index (χ3v) is 2.61. The first-order valence-electron chi connectivity index (χ1n) is 5.47. The summed E-state index contributed by atoms with van der Waals surface area (Å²) in [4.78, 5) is 26.0. The molecule has 0 aliphatic carbocycles. The molecule has 0 aliphatic rings. The van der Waals surface area contributed by atoms with Crippen LogP contribution in [0.4, 0.5) is 13.2 Å². The van der Waals surface area contributed by atoms with Gasteiger partial charge in [-0.15, -0.1) is 0 Å². The number of nitrogens with zero attached hydrogens (tertiary/aromatic N) is 1. The molecule has 1 rings (SSSR count). The average molecular weight is 340 g/mol. The summed E-state index contributed by atoms with van der Waals surface area (Å²) in [6.45, 7) is 0. The Bertz CT molecular complexity index is 624. The van der Waals surface area contributed by atoms with Crippen molar-refractivity contribution in [1.82, 2.24) is 4.98 Å². The first-order chi connectivity index (χ1) is 10.1. The van der Waals surface area contributed by atoms with E-state index in [0.717, 1.165) is 26.4 Å². The second kappa shape index (κ2) is 6.65. The molecule has 0 amide bonds. The number of carbonyl (C=O) groups is 2. The number of methoxy groups -OCH3 is 2. The molecule has 0 radical (unpaired) electrons. The first-order valence-corrected chi connectivity index (χ1v) is 5.85. The SMILES string of the molecule is COC(=O)C(C(=O)OC)=C(O)c1ccc(Cl)nc1C(F)(F)F. The Morgan fingerprint density at radius 2 is 1.68 bits per heavy atom. The van der Waals surface area contributed by atoms with Gasteiger partial charge in [-0.2, -0.15) is 13.2 Å². The zero-order valence-electron chi connectivity index (χ0n) is 11.2. The number of hydrogen-bond donors (Lipinski definition) is 1. The molecule has 22 heavy (non-hydrogen) atoms. The molecular weight excluding hydrogens is 331 g/mol. The fourth-order valence-corrected chi connectivity index (χ4v) is 1.61. The van der Waals surface area contributed by atoms with E-state index in [2.05, 4.69) is 14.5 Å². The smallest absolute Gasteiger partial charge is 0.434 e. The normalized spacial score (nSPS) is 10.8. The van der Waals surface area contributed by atoms with Crippen LogP contribution in [0.5, 0.6) is 0 Å². The standard InChI is InChI=1S/C12H9ClF3NO5/c1-21-10(19)7(11(20)22-2)8(18)5-3-4-6(13)17-9(5)12(14,15)16/h3-4,18H,1-2H3. The number of ether oxygens (including phenoxy) is 2. The van der Waals surface area contributed by atoms with Crippen LogP contribution in [0.25, 0.3) is 5.76 Å². The number of hydrogen-bond acceptors (Lipinski definition) is 6. The predicted octanol–water partition coefficient (Wildman–Crippen LogP) is 2.37. The summed E-state index contributed by atoms with van der Waals surface area (Å²) in [7, 11) is 1.76. The zero-order valence-corrected chi connectivity index (χ0v) is 11.9. The first kappa shape index (κ1) is 17.8. The number of halogens is 4. The Labute approximate surface area is 127 Å². The van der Waals surface area contributed by atoms with E-state index in [4.69, 9.17) is 11.6 Å². The van der Waals surface area contributed by atoms with Gasteiger partial charge >= 0.3 is 18.1 Å². The van der Waals surface area contributed by atoms with E-state index in [-0.39, 0.29) is 0 Å². The van der Waals surface area contributed by atoms with E-state index in [1.54, 1.807) is 0 Å². The molecule has 0 saturated heterocycles. The van der Waals surface area contributed by atoms with Gasteiger partial charge in [0.2, 0.25) is 0 Å². The van der Waals surface area contributed by atoms with Crippen molar-refractivity contribution < 1.29 is 37.3 Å². The number of rotatable bonds is 3. The molecule has 6 nitrogen and oxygen atoms in total. The number of aromatic nitrogens is 1. The van der Waals surface area contributed by atoms with Crippen LogP contribution in [0.2, 0.25) is 5.15 Å². The van der Waals surface area contributed by atoms with E-state index in [1.165, 1.54) is 0 Å². The van der Waals surface area contributed by atoms with Gasteiger partial charge in [0.1, 0.15) is 10.9 Å². The van der Waals surface area contributed by atoms with Crippen molar-refractivity contribution in [2.45, 2.75) is 6.18 Å². The Kier molecular flexibility index (Phi) is 5.37. The third kappa shape index (κ3) is 3.67. The Balaban J connectivity index is 3.66. The lowest BCUT2D eigenvalue weighted by Gasteiger charge is -2.13. The van der Waals surface area contributed by atoms with Crippen LogP contribution in [-0.4, -0.2) is 36.2 Å². The lowest BCUT2D eigenvalue weighted by Crippen LogP contribution is -2.20. The van der Waals surface area contributed by atoms with Crippen LogP contribution in [0.1, 0.15) is 11.3 Å². The summed E-state index contributed by atoms with van der Waals surface area (Å²) in [5.74, 6) is -4.02. The molecule has 0 spiro atoms. The van der Waals surface area contributed by atoms with E-state index >= 15 is 0 Å². The molecule has 1 aromatic rings. The predicted molar refractivity (Wildman–Crippen MR) is 67.8 cm³/mol.